The average molecular weight is 1860 g/mol. The molecular weight excluding hydrogens is 1750 g/mol. The molecule has 1 unspecified atom stereocenters. The molecule has 3 fully saturated rings. The predicted octanol–water partition coefficient (Wildman–Crippen LogP) is 18.1. The lowest BCUT2D eigenvalue weighted by Crippen LogP contribution is -2.38. The molecule has 1 atom stereocenters. The number of carbonyl (C=O) groups is 3. The van der Waals surface area contributed by atoms with Crippen molar-refractivity contribution in [2.24, 2.45) is 11.5 Å². The van der Waals surface area contributed by atoms with Crippen LogP contribution in [0.4, 0.5) is 0 Å². The Morgan fingerprint density at radius 1 is 0.321 bits per heavy atom. The van der Waals surface area contributed by atoms with Crippen LogP contribution in [0.3, 0.4) is 0 Å². The largest absolute Gasteiger partial charge is 0.368 e. The first-order chi connectivity index (χ1) is 68.5. The molecule has 3 aliphatic heterocycles. The molecule has 0 radical (unpaired) electrons. The van der Waals surface area contributed by atoms with E-state index in [2.05, 4.69) is 115 Å². The number of hydrogen-bond donors (Lipinski definition) is 10. The number of para-hydroxylation sites is 9. The van der Waals surface area contributed by atoms with Crippen LogP contribution in [0.5, 0.6) is 0 Å². The smallest absolute Gasteiger partial charge is 0.326 e. The first kappa shape index (κ1) is 91.2. The minimum absolute atomic E-state index is 0.0226. The van der Waals surface area contributed by atoms with Crippen molar-refractivity contribution in [2.75, 3.05) is 39.3 Å². The van der Waals surface area contributed by atoms with Crippen LogP contribution in [0.15, 0.2) is 352 Å². The summed E-state index contributed by atoms with van der Waals surface area (Å²) in [5.41, 5.74) is 34.1. The fraction of sp³-hybridized carbons (Fsp3) is 0.193. The first-order valence-electron chi connectivity index (χ1n) is 47.7. The molecule has 140 heavy (non-hydrogen) atoms. The third-order valence-corrected chi connectivity index (χ3v) is 27.4. The maximum absolute atomic E-state index is 13.4. The van der Waals surface area contributed by atoms with E-state index in [0.29, 0.717) is 41.8 Å². The molecule has 1 amide bonds. The summed E-state index contributed by atoms with van der Waals surface area (Å²) in [5.74, 6) is -1.45. The first-order valence-corrected chi connectivity index (χ1v) is 47.7. The van der Waals surface area contributed by atoms with E-state index < -0.39 is 23.5 Å². The van der Waals surface area contributed by atoms with Crippen molar-refractivity contribution in [3.8, 4) is 45.0 Å². The molecule has 26 heteroatoms. The number of aromatic amines is 8. The van der Waals surface area contributed by atoms with Gasteiger partial charge < -0.3 is 51.3 Å². The van der Waals surface area contributed by atoms with Crippen molar-refractivity contribution in [1.29, 1.82) is 0 Å². The van der Waals surface area contributed by atoms with Crippen molar-refractivity contribution in [3.05, 3.63) is 436 Å². The van der Waals surface area contributed by atoms with E-state index in [0.717, 1.165) is 231 Å². The Kier molecular flexibility index (Phi) is 26.8. The molecule has 23 rings (SSSR count). The number of nitrogens with one attached hydrogen (secondary N) is 8. The van der Waals surface area contributed by atoms with Gasteiger partial charge in [0.1, 0.15) is 11.4 Å². The fourth-order valence-corrected chi connectivity index (χ4v) is 20.1. The van der Waals surface area contributed by atoms with Gasteiger partial charge in [-0.25, -0.2) is 24.4 Å². The number of fused-ring (bicyclic) bond motifs is 6. The molecule has 0 aliphatic carbocycles. The predicted molar refractivity (Wildman–Crippen MR) is 553 cm³/mol. The minimum atomic E-state index is -0.621. The second-order valence-corrected chi connectivity index (χ2v) is 36.4. The summed E-state index contributed by atoms with van der Waals surface area (Å²) < 4.78 is 5.78. The van der Waals surface area contributed by atoms with Gasteiger partial charge in [-0.15, -0.1) is 0 Å². The molecule has 700 valence electrons. The Hall–Kier alpha value is -16.5. The number of rotatable bonds is 23. The number of likely N-dealkylation sites (tertiary alicyclic amines) is 3. The monoisotopic (exact) mass is 1850 g/mol. The molecule has 26 nitrogen and oxygen atoms in total. The molecule has 0 bridgehead atoms. The van der Waals surface area contributed by atoms with Crippen LogP contribution in [0.1, 0.15) is 122 Å². The highest BCUT2D eigenvalue weighted by Gasteiger charge is 2.30. The van der Waals surface area contributed by atoms with Gasteiger partial charge in [0.2, 0.25) is 17.5 Å². The molecule has 8 aromatic heterocycles. The lowest BCUT2D eigenvalue weighted by Gasteiger charge is -2.32. The molecule has 12 N–H and O–H groups in total. The number of amides is 1. The van der Waals surface area contributed by atoms with E-state index in [9.17, 15) is 38.4 Å². The van der Waals surface area contributed by atoms with Crippen molar-refractivity contribution in [3.63, 3.8) is 0 Å². The highest BCUT2D eigenvalue weighted by Crippen LogP contribution is 2.36. The van der Waals surface area contributed by atoms with Gasteiger partial charge in [0.25, 0.3) is 11.1 Å². The molecule has 11 heterocycles. The number of nitrogens with zero attached hydrogens (tertiary/aromatic N) is 8. The molecule has 20 aromatic rings. The van der Waals surface area contributed by atoms with Crippen LogP contribution < -0.4 is 39.7 Å². The van der Waals surface area contributed by atoms with Gasteiger partial charge in [-0.05, 0) is 133 Å². The Labute approximate surface area is 804 Å². The second kappa shape index (κ2) is 41.2. The van der Waals surface area contributed by atoms with Crippen LogP contribution in [0.25, 0.3) is 111 Å². The average Bonchev–Trinajstić information content (AvgIpc) is 1.65. The molecule has 0 saturated carbocycles. The SMILES string of the molecule is NC(=O)C(N)Cc1c[nH]c2ccccc12.O=C(C(=O)c1ccc(CN2CCC(n3c(=O)[nH]c4ccccc43)CC2)cc1)c1ccccc1.O=c1[nH]c(-c2ccc(CN3CCC(n4c(=O)[nH]c5ccccc54)CC3)cc2)c(-c2ccccc2)nc1Cc1c[nH]c2ccccc12.O=c1[nH]c(-c2ccccc2)c(-c2ccc(CN3CCC(n4c(=O)[nH]c5ccccc54)CC3)cc2)nc1Cc1c[nH]c2ccccc12. The highest BCUT2D eigenvalue weighted by molar-refractivity contribution is 6.49. The normalized spacial score (nSPS) is 14.3. The van der Waals surface area contributed by atoms with Gasteiger partial charge in [-0.1, -0.05) is 255 Å². The quantitative estimate of drug-likeness (QED) is 0.0210. The van der Waals surface area contributed by atoms with Gasteiger partial charge in [0.05, 0.1) is 61.9 Å². The number of H-pyrrole nitrogens is 8. The molecule has 3 saturated heterocycles. The van der Waals surface area contributed by atoms with Gasteiger partial charge in [0, 0.05) is 175 Å². The molecule has 0 spiro atoms. The highest BCUT2D eigenvalue weighted by atomic mass is 16.2. The van der Waals surface area contributed by atoms with Gasteiger partial charge in [-0.3, -0.25) is 52.4 Å². The van der Waals surface area contributed by atoms with Crippen LogP contribution in [0.2, 0.25) is 0 Å². The lowest BCUT2D eigenvalue weighted by molar-refractivity contribution is -0.119. The van der Waals surface area contributed by atoms with Crippen LogP contribution >= 0.6 is 0 Å². The maximum Gasteiger partial charge on any atom is 0.326 e. The number of carbonyl (C=O) groups excluding carboxylic acids is 3. The third kappa shape index (κ3) is 20.1. The second-order valence-electron chi connectivity index (χ2n) is 36.4. The van der Waals surface area contributed by atoms with Gasteiger partial charge in [0.15, 0.2) is 0 Å². The summed E-state index contributed by atoms with van der Waals surface area (Å²) in [6.45, 7) is 7.93. The van der Waals surface area contributed by atoms with Gasteiger partial charge >= 0.3 is 17.1 Å². The minimum Gasteiger partial charge on any atom is -0.368 e. The Balaban J connectivity index is 0.000000121. The van der Waals surface area contributed by atoms with E-state index in [-0.39, 0.29) is 46.3 Å². The number of piperidine rings is 3. The maximum atomic E-state index is 13.4. The van der Waals surface area contributed by atoms with E-state index in [1.54, 1.807) is 36.4 Å². The van der Waals surface area contributed by atoms with E-state index in [1.165, 1.54) is 11.1 Å². The zero-order valence-corrected chi connectivity index (χ0v) is 77.2. The summed E-state index contributed by atoms with van der Waals surface area (Å²) >= 11 is 0. The summed E-state index contributed by atoms with van der Waals surface area (Å²) in [6.07, 6.45) is 12.7. The zero-order chi connectivity index (χ0) is 95.7. The molecular formula is C114H106N18O8. The number of Topliss-reactive ketones (excluding diaryl/α,β-unsaturated/α-hetero) is 2. The van der Waals surface area contributed by atoms with Crippen LogP contribution in [0, 0.1) is 0 Å². The van der Waals surface area contributed by atoms with E-state index in [4.69, 9.17) is 21.4 Å². The summed E-state index contributed by atoms with van der Waals surface area (Å²) in [7, 11) is 0. The zero-order valence-electron chi connectivity index (χ0n) is 77.2. The number of ketones is 2. The summed E-state index contributed by atoms with van der Waals surface area (Å²) in [5, 5.41) is 3.29. The molecule has 3 aliphatic rings. The number of benzene rings is 12. The number of nitrogens with two attached hydrogens (primary N) is 2. The Morgan fingerprint density at radius 3 is 0.993 bits per heavy atom. The van der Waals surface area contributed by atoms with Crippen LogP contribution in [-0.4, -0.2) is 141 Å². The number of primary amides is 1. The summed E-state index contributed by atoms with van der Waals surface area (Å²) in [6, 6.07) is 101. The van der Waals surface area contributed by atoms with Crippen molar-refractivity contribution in [1.82, 2.24) is 78.2 Å². The lowest BCUT2D eigenvalue weighted by atomic mass is 10.00. The fourth-order valence-electron chi connectivity index (χ4n) is 20.1. The third-order valence-electron chi connectivity index (χ3n) is 27.4. The van der Waals surface area contributed by atoms with Crippen molar-refractivity contribution >= 4 is 83.3 Å². The van der Waals surface area contributed by atoms with Gasteiger partial charge in [-0.2, -0.15) is 0 Å². The number of aromatic nitrogens is 13. The van der Waals surface area contributed by atoms with E-state index in [1.807, 2.05) is 245 Å². The summed E-state index contributed by atoms with van der Waals surface area (Å²) in [4.78, 5) is 143. The van der Waals surface area contributed by atoms with E-state index >= 15 is 0 Å². The Morgan fingerprint density at radius 2 is 0.614 bits per heavy atom. The van der Waals surface area contributed by atoms with Crippen molar-refractivity contribution < 1.29 is 14.4 Å². The number of imidazole rings is 3. The topological polar surface area (TPSA) is 365 Å². The molecule has 12 aromatic carbocycles. The number of hydrogen-bond acceptors (Lipinski definition) is 14. The standard InChI is InChI=1S/2C38H34N6O2.C27H25N3O3.C11H13N3O/c45-37-33(22-28-23-39-31-11-5-4-10-30(28)31)40-35(36(42-37)26-8-2-1-3-9-26)27-16-14-25(15-17-27)24-43-20-18-29(19-21-43)44-34-13-7-6-12-32(34)41-38(44)46;45-37-33(22-28-23-39-31-11-5-4-10-30(28)31)40-35(26-8-2-1-3-9-26)36(42-37)27-16-14-25(15-17-27)24-43-20-18-29(19-21-43)44-34-13-7-6-12-32(34)41-38(44)46;31-25(20-6-2-1-3-7-20)26(32)21-12-10-19(11-13-21)18-29-16-14-22(15-17-29)30-24-9-5-4-8-23(24)28-27(30)33;12-9(11(13)15)5-7-6-14-10-4-2-1-3-8(7)10/h2*1-17,23,29,39H,18-22,24H2,(H,41,46)(H,42,45);1-13,22H,14-18H2,(H,28,33);1-4,6,9,14H,5,12H2,(H2,13,15). The van der Waals surface area contributed by atoms with Crippen LogP contribution in [-0.2, 0) is 43.7 Å². The van der Waals surface area contributed by atoms with Crippen molar-refractivity contribution in [2.45, 2.75) is 102 Å². The Bertz CT molecular complexity index is 8160.